The Morgan fingerprint density at radius 1 is 0.521 bits per heavy atom. The number of unbranched alkanes of at least 4 members (excludes halogenated alkanes) is 3. The second-order valence-electron chi connectivity index (χ2n) is 13.1. The van der Waals surface area contributed by atoms with E-state index in [9.17, 15) is 15.3 Å². The van der Waals surface area contributed by atoms with Crippen LogP contribution in [0.5, 0.6) is 23.0 Å². The van der Waals surface area contributed by atoms with E-state index in [1.807, 2.05) is 60.7 Å². The summed E-state index contributed by atoms with van der Waals surface area (Å²) in [6.45, 7) is 19.4. The number of methoxy groups -OCH3 is 1. The van der Waals surface area contributed by atoms with E-state index in [4.69, 9.17) is 9.47 Å². The summed E-state index contributed by atoms with van der Waals surface area (Å²) in [5, 5.41) is 28.0. The Balaban J connectivity index is 0.000000386. The number of aliphatic hydroxyl groups is 1. The van der Waals surface area contributed by atoms with E-state index in [1.54, 1.807) is 38.3 Å². The number of aliphatic hydroxyl groups excluding tert-OH is 1. The molecule has 5 heteroatoms. The van der Waals surface area contributed by atoms with Crippen LogP contribution >= 0.6 is 0 Å². The molecule has 0 aliphatic rings. The third kappa shape index (κ3) is 14.4. The highest BCUT2D eigenvalue weighted by Crippen LogP contribution is 2.34. The zero-order valence-electron chi connectivity index (χ0n) is 31.2. The van der Waals surface area contributed by atoms with Crippen LogP contribution in [0, 0.1) is 0 Å². The van der Waals surface area contributed by atoms with Gasteiger partial charge in [-0.05, 0) is 77.7 Å². The van der Waals surface area contributed by atoms with Gasteiger partial charge in [-0.25, -0.2) is 0 Å². The van der Waals surface area contributed by atoms with Crippen LogP contribution < -0.4 is 9.47 Å². The molecule has 0 radical (unpaired) electrons. The second-order valence-corrected chi connectivity index (χ2v) is 13.1. The first-order chi connectivity index (χ1) is 22.8. The minimum Gasteiger partial charge on any atom is -0.508 e. The van der Waals surface area contributed by atoms with Crippen molar-refractivity contribution in [3.8, 4) is 23.0 Å². The fourth-order valence-corrected chi connectivity index (χ4v) is 4.64. The summed E-state index contributed by atoms with van der Waals surface area (Å²) in [6.07, 6.45) is 6.24. The molecule has 4 aromatic carbocycles. The van der Waals surface area contributed by atoms with Gasteiger partial charge in [0.1, 0.15) is 29.6 Å². The van der Waals surface area contributed by atoms with Crippen molar-refractivity contribution in [3.05, 3.63) is 119 Å². The third-order valence-corrected chi connectivity index (χ3v) is 8.26. The fourth-order valence-electron chi connectivity index (χ4n) is 4.64. The van der Waals surface area contributed by atoms with Gasteiger partial charge >= 0.3 is 0 Å². The van der Waals surface area contributed by atoms with Gasteiger partial charge in [-0.1, -0.05) is 136 Å². The molecule has 0 bridgehead atoms. The zero-order valence-corrected chi connectivity index (χ0v) is 31.2. The number of rotatable bonds is 11. The number of ether oxygens (including phenoxy) is 2. The Morgan fingerprint density at radius 2 is 0.833 bits per heavy atom. The number of hydrogen-bond acceptors (Lipinski definition) is 5. The van der Waals surface area contributed by atoms with Crippen LogP contribution in [0.25, 0.3) is 0 Å². The van der Waals surface area contributed by atoms with Crippen molar-refractivity contribution >= 4 is 0 Å². The fraction of sp³-hybridized carbons (Fsp3) is 0.442. The molecule has 4 rings (SSSR count). The van der Waals surface area contributed by atoms with Crippen molar-refractivity contribution in [2.75, 3.05) is 13.7 Å². The zero-order chi connectivity index (χ0) is 36.2. The van der Waals surface area contributed by atoms with E-state index in [-0.39, 0.29) is 16.6 Å². The van der Waals surface area contributed by atoms with Crippen LogP contribution in [0.2, 0.25) is 0 Å². The lowest BCUT2D eigenvalue weighted by Gasteiger charge is -2.26. The van der Waals surface area contributed by atoms with Gasteiger partial charge < -0.3 is 24.8 Å². The van der Waals surface area contributed by atoms with Crippen LogP contribution in [0.4, 0.5) is 0 Å². The Kier molecular flexibility index (Phi) is 19.1. The van der Waals surface area contributed by atoms with Crippen molar-refractivity contribution in [2.45, 2.75) is 111 Å². The molecule has 3 N–H and O–H groups in total. The lowest BCUT2D eigenvalue weighted by atomic mass is 9.78. The van der Waals surface area contributed by atoms with Gasteiger partial charge in [-0.2, -0.15) is 0 Å². The number of benzene rings is 4. The van der Waals surface area contributed by atoms with Gasteiger partial charge in [0.2, 0.25) is 0 Å². The average molecular weight is 659 g/mol. The summed E-state index contributed by atoms with van der Waals surface area (Å²) < 4.78 is 10.6. The van der Waals surface area contributed by atoms with Crippen molar-refractivity contribution in [2.24, 2.45) is 0 Å². The first kappa shape index (κ1) is 42.1. The lowest BCUT2D eigenvalue weighted by Crippen LogP contribution is -2.18. The smallest absolute Gasteiger partial charge is 0.119 e. The van der Waals surface area contributed by atoms with E-state index in [2.05, 4.69) is 67.5 Å². The molecule has 1 unspecified atom stereocenters. The summed E-state index contributed by atoms with van der Waals surface area (Å²) in [6, 6.07) is 30.6. The van der Waals surface area contributed by atoms with Crippen molar-refractivity contribution in [1.29, 1.82) is 0 Å². The minimum atomic E-state index is -0.474. The third-order valence-electron chi connectivity index (χ3n) is 8.26. The van der Waals surface area contributed by atoms with E-state index >= 15 is 0 Å². The standard InChI is InChI=1S/C18H22O3.C16H18O2.C5H12.C4H10/c1-13(19)12-21-17-10-6-15(7-11-17)18(2,3)14-4-8-16(20)9-5-14;1-16(2,12-4-8-14(17)9-5-12)13-6-10-15(18-3)11-7-13;1-3-5-4-2;1-3-4-2/h4-11,13,19-20H,12H2,1-3H3;4-11,17H,1-3H3;3-5H2,1-2H3;3-4H2,1-2H3. The molecule has 0 aromatic heterocycles. The van der Waals surface area contributed by atoms with Gasteiger partial charge in [-0.15, -0.1) is 0 Å². The molecule has 5 nitrogen and oxygen atoms in total. The van der Waals surface area contributed by atoms with Crippen LogP contribution in [0.1, 0.15) is 117 Å². The quantitative estimate of drug-likeness (QED) is 0.149. The minimum absolute atomic E-state index is 0.0973. The maximum absolute atomic E-state index is 9.40. The first-order valence-electron chi connectivity index (χ1n) is 17.4. The Hall–Kier alpha value is -3.96. The van der Waals surface area contributed by atoms with Crippen LogP contribution in [-0.2, 0) is 10.8 Å². The maximum Gasteiger partial charge on any atom is 0.119 e. The molecule has 0 saturated heterocycles. The molecule has 264 valence electrons. The predicted molar refractivity (Wildman–Crippen MR) is 203 cm³/mol. The predicted octanol–water partition coefficient (Wildman–Crippen LogP) is 11.2. The second kappa shape index (κ2) is 21.8. The monoisotopic (exact) mass is 658 g/mol. The molecule has 0 aliphatic carbocycles. The highest BCUT2D eigenvalue weighted by Gasteiger charge is 2.24. The summed E-state index contributed by atoms with van der Waals surface area (Å²) >= 11 is 0. The molecule has 0 spiro atoms. The van der Waals surface area contributed by atoms with Crippen molar-refractivity contribution < 1.29 is 24.8 Å². The Labute approximate surface area is 291 Å². The number of aromatic hydroxyl groups is 2. The van der Waals surface area contributed by atoms with E-state index in [0.717, 1.165) is 22.6 Å². The van der Waals surface area contributed by atoms with Gasteiger partial charge in [0.15, 0.2) is 0 Å². The molecule has 0 heterocycles. The average Bonchev–Trinajstić information content (AvgIpc) is 3.09. The van der Waals surface area contributed by atoms with Gasteiger partial charge in [0.25, 0.3) is 0 Å². The molecule has 0 fully saturated rings. The number of phenols is 2. The normalized spacial score (nSPS) is 11.4. The topological polar surface area (TPSA) is 79.2 Å². The highest BCUT2D eigenvalue weighted by atomic mass is 16.5. The Morgan fingerprint density at radius 3 is 1.08 bits per heavy atom. The Bertz CT molecular complexity index is 1370. The molecule has 1 atom stereocenters. The highest BCUT2D eigenvalue weighted by molar-refractivity contribution is 5.43. The van der Waals surface area contributed by atoms with Crippen LogP contribution in [0.3, 0.4) is 0 Å². The molecular weight excluding hydrogens is 596 g/mol. The molecule has 4 aromatic rings. The number of hydrogen-bond donors (Lipinski definition) is 3. The summed E-state index contributed by atoms with van der Waals surface area (Å²) in [5.41, 5.74) is 4.44. The number of phenolic OH excluding ortho intramolecular Hbond substituents is 2. The largest absolute Gasteiger partial charge is 0.508 e. The SMILES string of the molecule is CC(O)COc1ccc(C(C)(C)c2ccc(O)cc2)cc1.CCCC.CCCCC.COc1ccc(C(C)(C)c2ccc(O)cc2)cc1. The molecule has 0 amide bonds. The summed E-state index contributed by atoms with van der Waals surface area (Å²) in [7, 11) is 1.67. The van der Waals surface area contributed by atoms with E-state index in [0.29, 0.717) is 12.4 Å². The van der Waals surface area contributed by atoms with Crippen molar-refractivity contribution in [1.82, 2.24) is 0 Å². The lowest BCUT2D eigenvalue weighted by molar-refractivity contribution is 0.122. The molecular formula is C43H62O5. The van der Waals surface area contributed by atoms with Crippen molar-refractivity contribution in [3.63, 3.8) is 0 Å². The van der Waals surface area contributed by atoms with Gasteiger partial charge in [0.05, 0.1) is 13.2 Å². The van der Waals surface area contributed by atoms with Gasteiger partial charge in [0, 0.05) is 10.8 Å². The van der Waals surface area contributed by atoms with Gasteiger partial charge in [-0.3, -0.25) is 0 Å². The van der Waals surface area contributed by atoms with Crippen LogP contribution in [-0.4, -0.2) is 35.1 Å². The summed E-state index contributed by atoms with van der Waals surface area (Å²) in [5.74, 6) is 2.18. The van der Waals surface area contributed by atoms with Crippen LogP contribution in [0.15, 0.2) is 97.1 Å². The summed E-state index contributed by atoms with van der Waals surface area (Å²) in [4.78, 5) is 0. The molecule has 48 heavy (non-hydrogen) atoms. The first-order valence-corrected chi connectivity index (χ1v) is 17.4. The maximum atomic E-state index is 9.40. The van der Waals surface area contributed by atoms with E-state index < -0.39 is 6.10 Å². The molecule has 0 saturated carbocycles. The molecule has 0 aliphatic heterocycles. The van der Waals surface area contributed by atoms with E-state index in [1.165, 1.54) is 43.2 Å².